The second kappa shape index (κ2) is 8.35. The highest BCUT2D eigenvalue weighted by Crippen LogP contribution is 2.17. The molecular formula is C17H29N3O. The second-order valence-corrected chi connectivity index (χ2v) is 6.19. The Hall–Kier alpha value is -1.13. The lowest BCUT2D eigenvalue weighted by atomic mass is 10.2. The first kappa shape index (κ1) is 16.2. The first-order valence-electron chi connectivity index (χ1n) is 8.22. The summed E-state index contributed by atoms with van der Waals surface area (Å²) in [6.45, 7) is 11.3. The van der Waals surface area contributed by atoms with E-state index in [0.29, 0.717) is 12.0 Å². The minimum atomic E-state index is 0.370. The number of hydrogen-bond acceptors (Lipinski definition) is 4. The van der Waals surface area contributed by atoms with Crippen LogP contribution in [0.15, 0.2) is 18.2 Å². The van der Waals surface area contributed by atoms with Crippen molar-refractivity contribution in [3.8, 4) is 0 Å². The van der Waals surface area contributed by atoms with Gasteiger partial charge < -0.3 is 15.0 Å². The number of aromatic nitrogens is 1. The summed E-state index contributed by atoms with van der Waals surface area (Å²) in [7, 11) is 0. The van der Waals surface area contributed by atoms with Gasteiger partial charge in [0.05, 0.1) is 11.8 Å². The van der Waals surface area contributed by atoms with Crippen LogP contribution in [0.4, 0.5) is 5.82 Å². The number of nitrogens with one attached hydrogen (secondary N) is 1. The van der Waals surface area contributed by atoms with Gasteiger partial charge in [-0.25, -0.2) is 4.98 Å². The molecule has 4 nitrogen and oxygen atoms in total. The number of ether oxygens (including phenoxy) is 1. The van der Waals surface area contributed by atoms with Gasteiger partial charge in [0.1, 0.15) is 5.82 Å². The second-order valence-electron chi connectivity index (χ2n) is 6.19. The Bertz CT molecular complexity index is 416. The third-order valence-corrected chi connectivity index (χ3v) is 3.80. The average molecular weight is 291 g/mol. The van der Waals surface area contributed by atoms with E-state index in [4.69, 9.17) is 9.72 Å². The summed E-state index contributed by atoms with van der Waals surface area (Å²) in [6, 6.07) is 6.30. The molecule has 0 aromatic carbocycles. The molecule has 1 N–H and O–H groups in total. The molecule has 1 atom stereocenters. The molecule has 0 amide bonds. The number of anilines is 1. The Morgan fingerprint density at radius 1 is 1.43 bits per heavy atom. The Balaban J connectivity index is 1.93. The minimum absolute atomic E-state index is 0.370. The molecule has 1 fully saturated rings. The fourth-order valence-electron chi connectivity index (χ4n) is 2.65. The number of rotatable bonds is 8. The molecule has 0 spiro atoms. The van der Waals surface area contributed by atoms with Gasteiger partial charge in [0.15, 0.2) is 0 Å². The topological polar surface area (TPSA) is 37.4 Å². The molecule has 1 aliphatic heterocycles. The molecule has 0 bridgehead atoms. The fourth-order valence-corrected chi connectivity index (χ4v) is 2.65. The number of likely N-dealkylation sites (N-methyl/N-ethyl adjacent to an activating group) is 1. The van der Waals surface area contributed by atoms with Gasteiger partial charge in [0, 0.05) is 26.2 Å². The van der Waals surface area contributed by atoms with Crippen LogP contribution >= 0.6 is 0 Å². The lowest BCUT2D eigenvalue weighted by molar-refractivity contribution is 0.115. The maximum absolute atomic E-state index is 5.75. The molecule has 2 rings (SSSR count). The van der Waals surface area contributed by atoms with Crippen LogP contribution in [-0.2, 0) is 11.3 Å². The maximum atomic E-state index is 5.75. The highest BCUT2D eigenvalue weighted by molar-refractivity contribution is 5.39. The zero-order valence-corrected chi connectivity index (χ0v) is 13.6. The van der Waals surface area contributed by atoms with Gasteiger partial charge in [-0.2, -0.15) is 0 Å². The predicted octanol–water partition coefficient (Wildman–Crippen LogP) is 2.83. The Morgan fingerprint density at radius 3 is 2.95 bits per heavy atom. The summed E-state index contributed by atoms with van der Waals surface area (Å²) in [5.41, 5.74) is 1.11. The molecule has 1 saturated heterocycles. The molecule has 1 unspecified atom stereocenters. The van der Waals surface area contributed by atoms with Crippen LogP contribution < -0.4 is 10.2 Å². The van der Waals surface area contributed by atoms with Crippen LogP contribution in [0.5, 0.6) is 0 Å². The molecule has 2 heterocycles. The van der Waals surface area contributed by atoms with Crippen LogP contribution in [0.25, 0.3) is 0 Å². The number of nitrogens with zero attached hydrogens (tertiary/aromatic N) is 2. The van der Waals surface area contributed by atoms with E-state index >= 15 is 0 Å². The zero-order valence-electron chi connectivity index (χ0n) is 13.6. The molecule has 0 radical (unpaired) electrons. The fraction of sp³-hybridized carbons (Fsp3) is 0.706. The Kier molecular flexibility index (Phi) is 6.46. The van der Waals surface area contributed by atoms with E-state index in [0.717, 1.165) is 44.3 Å². The van der Waals surface area contributed by atoms with E-state index < -0.39 is 0 Å². The van der Waals surface area contributed by atoms with Crippen molar-refractivity contribution in [2.75, 3.05) is 31.1 Å². The molecule has 118 valence electrons. The van der Waals surface area contributed by atoms with Crippen molar-refractivity contribution >= 4 is 5.82 Å². The highest BCUT2D eigenvalue weighted by Gasteiger charge is 2.19. The smallest absolute Gasteiger partial charge is 0.128 e. The van der Waals surface area contributed by atoms with Crippen LogP contribution in [0, 0.1) is 5.92 Å². The van der Waals surface area contributed by atoms with E-state index in [-0.39, 0.29) is 0 Å². The standard InChI is InChI=1S/C17H29N3O/c1-4-20(13-16-8-6-10-21-16)17-9-5-7-15(19-17)12-18-11-14(2)3/h5,7,9,14,16,18H,4,6,8,10-13H2,1-3H3. The van der Waals surface area contributed by atoms with Gasteiger partial charge >= 0.3 is 0 Å². The van der Waals surface area contributed by atoms with Crippen molar-refractivity contribution in [2.24, 2.45) is 5.92 Å². The van der Waals surface area contributed by atoms with Crippen LogP contribution in [0.2, 0.25) is 0 Å². The first-order chi connectivity index (χ1) is 10.2. The summed E-state index contributed by atoms with van der Waals surface area (Å²) in [6.07, 6.45) is 2.73. The van der Waals surface area contributed by atoms with E-state index in [2.05, 4.69) is 49.2 Å². The van der Waals surface area contributed by atoms with Gasteiger partial charge in [-0.05, 0) is 44.4 Å². The molecule has 0 aliphatic carbocycles. The van der Waals surface area contributed by atoms with Gasteiger partial charge in [0.25, 0.3) is 0 Å². The monoisotopic (exact) mass is 291 g/mol. The summed E-state index contributed by atoms with van der Waals surface area (Å²) < 4.78 is 5.75. The molecule has 0 saturated carbocycles. The van der Waals surface area contributed by atoms with E-state index in [1.54, 1.807) is 0 Å². The van der Waals surface area contributed by atoms with Gasteiger partial charge in [-0.1, -0.05) is 19.9 Å². The van der Waals surface area contributed by atoms with Gasteiger partial charge in [-0.15, -0.1) is 0 Å². The third-order valence-electron chi connectivity index (χ3n) is 3.80. The summed E-state index contributed by atoms with van der Waals surface area (Å²) >= 11 is 0. The number of hydrogen-bond donors (Lipinski definition) is 1. The quantitative estimate of drug-likeness (QED) is 0.799. The highest BCUT2D eigenvalue weighted by atomic mass is 16.5. The van der Waals surface area contributed by atoms with Crippen molar-refractivity contribution in [1.82, 2.24) is 10.3 Å². The Morgan fingerprint density at radius 2 is 2.29 bits per heavy atom. The van der Waals surface area contributed by atoms with Crippen LogP contribution in [0.1, 0.15) is 39.3 Å². The average Bonchev–Trinajstić information content (AvgIpc) is 2.97. The zero-order chi connectivity index (χ0) is 15.1. The molecule has 1 aromatic heterocycles. The van der Waals surface area contributed by atoms with E-state index in [1.165, 1.54) is 12.8 Å². The van der Waals surface area contributed by atoms with Crippen molar-refractivity contribution in [3.05, 3.63) is 23.9 Å². The lowest BCUT2D eigenvalue weighted by Crippen LogP contribution is -2.33. The van der Waals surface area contributed by atoms with Crippen molar-refractivity contribution in [3.63, 3.8) is 0 Å². The lowest BCUT2D eigenvalue weighted by Gasteiger charge is -2.25. The van der Waals surface area contributed by atoms with Crippen LogP contribution in [0.3, 0.4) is 0 Å². The maximum Gasteiger partial charge on any atom is 0.128 e. The van der Waals surface area contributed by atoms with Gasteiger partial charge in [0.2, 0.25) is 0 Å². The SMILES string of the molecule is CCN(CC1CCCO1)c1cccc(CNCC(C)C)n1. The van der Waals surface area contributed by atoms with E-state index in [1.807, 2.05) is 0 Å². The van der Waals surface area contributed by atoms with Gasteiger partial charge in [-0.3, -0.25) is 0 Å². The Labute approximate surface area is 128 Å². The van der Waals surface area contributed by atoms with Crippen molar-refractivity contribution in [2.45, 2.75) is 46.3 Å². The molecule has 1 aromatic rings. The third kappa shape index (κ3) is 5.29. The van der Waals surface area contributed by atoms with Crippen LogP contribution in [-0.4, -0.2) is 37.3 Å². The van der Waals surface area contributed by atoms with Crippen molar-refractivity contribution in [1.29, 1.82) is 0 Å². The largest absolute Gasteiger partial charge is 0.376 e. The summed E-state index contributed by atoms with van der Waals surface area (Å²) in [5, 5.41) is 3.45. The molecule has 21 heavy (non-hydrogen) atoms. The molecule has 4 heteroatoms. The normalized spacial score (nSPS) is 18.4. The summed E-state index contributed by atoms with van der Waals surface area (Å²) in [5.74, 6) is 1.73. The van der Waals surface area contributed by atoms with Crippen molar-refractivity contribution < 1.29 is 4.74 Å². The minimum Gasteiger partial charge on any atom is -0.376 e. The predicted molar refractivity (Wildman–Crippen MR) is 87.6 cm³/mol. The first-order valence-corrected chi connectivity index (χ1v) is 8.22. The summed E-state index contributed by atoms with van der Waals surface area (Å²) in [4.78, 5) is 7.11. The number of pyridine rings is 1. The molecule has 1 aliphatic rings. The van der Waals surface area contributed by atoms with E-state index in [9.17, 15) is 0 Å². The molecular weight excluding hydrogens is 262 g/mol.